The van der Waals surface area contributed by atoms with Crippen LogP contribution in [0.4, 0.5) is 0 Å². The maximum absolute atomic E-state index is 10.7. The zero-order valence-electron chi connectivity index (χ0n) is 15.5. The number of hydrogen-bond acceptors (Lipinski definition) is 2. The van der Waals surface area contributed by atoms with Gasteiger partial charge >= 0.3 is 5.97 Å². The number of rotatable bonds is 5. The lowest BCUT2D eigenvalue weighted by Crippen LogP contribution is -2.18. The van der Waals surface area contributed by atoms with Gasteiger partial charge in [-0.1, -0.05) is 30.0 Å². The number of carboxylic acids is 1. The van der Waals surface area contributed by atoms with Gasteiger partial charge in [-0.15, -0.1) is 0 Å². The van der Waals surface area contributed by atoms with Gasteiger partial charge in [0.2, 0.25) is 0 Å². The Morgan fingerprint density at radius 3 is 2.27 bits per heavy atom. The van der Waals surface area contributed by atoms with Gasteiger partial charge in [-0.25, -0.2) is 0 Å². The molecular weight excluding hydrogens is 324 g/mol. The van der Waals surface area contributed by atoms with E-state index in [9.17, 15) is 4.79 Å². The number of carbonyl (C=O) groups is 1. The van der Waals surface area contributed by atoms with Crippen molar-refractivity contribution in [2.75, 3.05) is 0 Å². The first-order valence-corrected chi connectivity index (χ1v) is 9.00. The van der Waals surface area contributed by atoms with Gasteiger partial charge in [0.15, 0.2) is 0 Å². The summed E-state index contributed by atoms with van der Waals surface area (Å²) in [5.41, 5.74) is 5.03. The monoisotopic (exact) mass is 348 g/mol. The molecule has 1 N–H and O–H groups in total. The van der Waals surface area contributed by atoms with Crippen LogP contribution in [-0.4, -0.2) is 17.2 Å². The molecule has 3 rings (SSSR count). The van der Waals surface area contributed by atoms with E-state index in [1.165, 1.54) is 11.1 Å². The van der Waals surface area contributed by atoms with Crippen molar-refractivity contribution in [3.05, 3.63) is 70.3 Å². The summed E-state index contributed by atoms with van der Waals surface area (Å²) in [5, 5.41) is 8.81. The van der Waals surface area contributed by atoms with E-state index in [2.05, 4.69) is 50.8 Å². The summed E-state index contributed by atoms with van der Waals surface area (Å²) in [6.45, 7) is 6.28. The van der Waals surface area contributed by atoms with Crippen molar-refractivity contribution in [1.82, 2.24) is 0 Å². The summed E-state index contributed by atoms with van der Waals surface area (Å²) >= 11 is 0. The molecule has 26 heavy (non-hydrogen) atoms. The van der Waals surface area contributed by atoms with Gasteiger partial charge in [0.05, 0.1) is 18.1 Å². The van der Waals surface area contributed by atoms with Gasteiger partial charge < -0.3 is 9.84 Å². The van der Waals surface area contributed by atoms with Crippen molar-refractivity contribution < 1.29 is 14.6 Å². The molecule has 0 amide bonds. The lowest BCUT2D eigenvalue weighted by atomic mass is 9.98. The second-order valence-corrected chi connectivity index (χ2v) is 7.21. The van der Waals surface area contributed by atoms with Gasteiger partial charge in [0.25, 0.3) is 0 Å². The van der Waals surface area contributed by atoms with Crippen molar-refractivity contribution in [3.8, 4) is 11.8 Å². The topological polar surface area (TPSA) is 46.5 Å². The molecule has 1 saturated carbocycles. The van der Waals surface area contributed by atoms with Gasteiger partial charge in [0.1, 0.15) is 0 Å². The van der Waals surface area contributed by atoms with E-state index in [1.807, 2.05) is 24.3 Å². The highest BCUT2D eigenvalue weighted by molar-refractivity contribution is 5.70. The van der Waals surface area contributed by atoms with E-state index in [0.717, 1.165) is 29.5 Å². The SMILES string of the molecule is Cc1cc(C#Cc2ccc(CC(=O)O)cc2)ccc1C1(OC(C)C)CC1. The minimum absolute atomic E-state index is 0.0363. The summed E-state index contributed by atoms with van der Waals surface area (Å²) in [6.07, 6.45) is 2.43. The Morgan fingerprint density at radius 2 is 1.73 bits per heavy atom. The Morgan fingerprint density at radius 1 is 1.12 bits per heavy atom. The fourth-order valence-electron chi connectivity index (χ4n) is 3.29. The lowest BCUT2D eigenvalue weighted by Gasteiger charge is -2.22. The first-order chi connectivity index (χ1) is 12.4. The van der Waals surface area contributed by atoms with Gasteiger partial charge in [-0.3, -0.25) is 4.79 Å². The predicted octanol–water partition coefficient (Wildman–Crippen LogP) is 4.44. The first-order valence-electron chi connectivity index (χ1n) is 9.00. The molecule has 2 aromatic carbocycles. The van der Waals surface area contributed by atoms with Crippen LogP contribution in [0.5, 0.6) is 0 Å². The molecular formula is C23H24O3. The van der Waals surface area contributed by atoms with Crippen LogP contribution in [0.2, 0.25) is 0 Å². The minimum atomic E-state index is -0.825. The van der Waals surface area contributed by atoms with Crippen molar-refractivity contribution in [1.29, 1.82) is 0 Å². The van der Waals surface area contributed by atoms with Crippen LogP contribution in [0.1, 0.15) is 54.5 Å². The van der Waals surface area contributed by atoms with Gasteiger partial charge in [-0.05, 0) is 74.6 Å². The molecule has 1 aliphatic rings. The summed E-state index contributed by atoms with van der Waals surface area (Å²) < 4.78 is 6.15. The van der Waals surface area contributed by atoms with Gasteiger partial charge in [-0.2, -0.15) is 0 Å². The third-order valence-corrected chi connectivity index (χ3v) is 4.54. The second kappa shape index (κ2) is 7.35. The van der Waals surface area contributed by atoms with E-state index in [1.54, 1.807) is 0 Å². The highest BCUT2D eigenvalue weighted by Crippen LogP contribution is 2.51. The molecule has 2 aromatic rings. The Kier molecular flexibility index (Phi) is 5.15. The normalized spacial score (nSPS) is 14.6. The number of carboxylic acid groups (broad SMARTS) is 1. The van der Waals surface area contributed by atoms with Crippen molar-refractivity contribution >= 4 is 5.97 Å². The van der Waals surface area contributed by atoms with Crippen molar-refractivity contribution in [2.45, 2.75) is 51.7 Å². The first kappa shape index (κ1) is 18.2. The van der Waals surface area contributed by atoms with Crippen LogP contribution in [0, 0.1) is 18.8 Å². The second-order valence-electron chi connectivity index (χ2n) is 7.21. The molecule has 0 spiro atoms. The number of hydrogen-bond donors (Lipinski definition) is 1. The Labute approximate surface area is 155 Å². The molecule has 134 valence electrons. The molecule has 0 aliphatic heterocycles. The van der Waals surface area contributed by atoms with E-state index >= 15 is 0 Å². The van der Waals surface area contributed by atoms with Crippen LogP contribution in [0.3, 0.4) is 0 Å². The molecule has 0 heterocycles. The van der Waals surface area contributed by atoms with Gasteiger partial charge in [0, 0.05) is 11.1 Å². The van der Waals surface area contributed by atoms with E-state index < -0.39 is 5.97 Å². The van der Waals surface area contributed by atoms with Crippen LogP contribution in [0.25, 0.3) is 0 Å². The number of aryl methyl sites for hydroxylation is 1. The largest absolute Gasteiger partial charge is 0.481 e. The molecule has 1 aliphatic carbocycles. The summed E-state index contributed by atoms with van der Waals surface area (Å²) in [5.74, 6) is 5.52. The van der Waals surface area contributed by atoms with E-state index in [-0.39, 0.29) is 18.1 Å². The smallest absolute Gasteiger partial charge is 0.307 e. The number of benzene rings is 2. The average Bonchev–Trinajstić information content (AvgIpc) is 3.33. The zero-order chi connectivity index (χ0) is 18.7. The van der Waals surface area contributed by atoms with Crippen molar-refractivity contribution in [2.24, 2.45) is 0 Å². The zero-order valence-corrected chi connectivity index (χ0v) is 15.5. The fraction of sp³-hybridized carbons (Fsp3) is 0.348. The number of ether oxygens (including phenoxy) is 1. The van der Waals surface area contributed by atoms with Crippen LogP contribution in [0.15, 0.2) is 42.5 Å². The van der Waals surface area contributed by atoms with Crippen molar-refractivity contribution in [3.63, 3.8) is 0 Å². The molecule has 0 radical (unpaired) electrons. The Balaban J connectivity index is 1.75. The highest BCUT2D eigenvalue weighted by atomic mass is 16.5. The fourth-order valence-corrected chi connectivity index (χ4v) is 3.29. The molecule has 0 bridgehead atoms. The molecule has 0 aromatic heterocycles. The number of aliphatic carboxylic acids is 1. The third-order valence-electron chi connectivity index (χ3n) is 4.54. The Bertz CT molecular complexity index is 863. The molecule has 3 heteroatoms. The standard InChI is InChI=1S/C23H24O3/c1-16(2)26-23(12-13-23)21-11-10-19(14-17(21)3)7-4-18-5-8-20(9-6-18)15-22(24)25/h5-6,8-11,14,16H,12-13,15H2,1-3H3,(H,24,25). The Hall–Kier alpha value is -2.57. The minimum Gasteiger partial charge on any atom is -0.481 e. The van der Waals surface area contributed by atoms with Crippen LogP contribution >= 0.6 is 0 Å². The maximum Gasteiger partial charge on any atom is 0.307 e. The molecule has 3 nitrogen and oxygen atoms in total. The highest BCUT2D eigenvalue weighted by Gasteiger charge is 2.47. The lowest BCUT2D eigenvalue weighted by molar-refractivity contribution is -0.136. The quantitative estimate of drug-likeness (QED) is 0.813. The molecule has 1 fully saturated rings. The molecule has 0 saturated heterocycles. The van der Waals surface area contributed by atoms with Crippen LogP contribution in [-0.2, 0) is 21.6 Å². The summed E-state index contributed by atoms with van der Waals surface area (Å²) in [4.78, 5) is 10.7. The molecule has 0 unspecified atom stereocenters. The summed E-state index contributed by atoms with van der Waals surface area (Å²) in [6, 6.07) is 13.7. The summed E-state index contributed by atoms with van der Waals surface area (Å²) in [7, 11) is 0. The third kappa shape index (κ3) is 4.33. The van der Waals surface area contributed by atoms with Crippen LogP contribution < -0.4 is 0 Å². The van der Waals surface area contributed by atoms with E-state index in [4.69, 9.17) is 9.84 Å². The maximum atomic E-state index is 10.7. The average molecular weight is 348 g/mol. The molecule has 0 atom stereocenters. The predicted molar refractivity (Wildman–Crippen MR) is 102 cm³/mol. The van der Waals surface area contributed by atoms with E-state index in [0.29, 0.717) is 0 Å².